The molecule has 0 N–H and O–H groups in total. The average Bonchev–Trinajstić information content (AvgIpc) is 3.46. The lowest BCUT2D eigenvalue weighted by molar-refractivity contribution is -0.128. The first-order valence-corrected chi connectivity index (χ1v) is 10.7. The molecule has 9 heteroatoms. The van der Waals surface area contributed by atoms with Gasteiger partial charge >= 0.3 is 0 Å². The minimum atomic E-state index is -0.163. The number of amides is 1. The van der Waals surface area contributed by atoms with E-state index in [9.17, 15) is 4.79 Å². The highest BCUT2D eigenvalue weighted by Gasteiger charge is 2.34. The van der Waals surface area contributed by atoms with Crippen LogP contribution in [0.4, 0.5) is 0 Å². The van der Waals surface area contributed by atoms with Crippen molar-refractivity contribution >= 4 is 5.91 Å². The summed E-state index contributed by atoms with van der Waals surface area (Å²) in [6.45, 7) is 3.42. The number of methoxy groups -OCH3 is 3. The Kier molecular flexibility index (Phi) is 6.67. The number of carbonyl (C=O) groups excluding carboxylic acids is 1. The van der Waals surface area contributed by atoms with Crippen molar-refractivity contribution < 1.29 is 28.3 Å². The van der Waals surface area contributed by atoms with Crippen LogP contribution in [0.3, 0.4) is 0 Å². The molecule has 0 bridgehead atoms. The number of ether oxygens (including phenoxy) is 4. The summed E-state index contributed by atoms with van der Waals surface area (Å²) in [5, 5.41) is 4.12. The van der Waals surface area contributed by atoms with E-state index >= 15 is 0 Å². The van der Waals surface area contributed by atoms with Gasteiger partial charge in [-0.15, -0.1) is 0 Å². The van der Waals surface area contributed by atoms with Crippen molar-refractivity contribution in [2.75, 3.05) is 34.5 Å². The van der Waals surface area contributed by atoms with E-state index in [-0.39, 0.29) is 11.8 Å². The molecule has 33 heavy (non-hydrogen) atoms. The number of likely N-dealkylation sites (tertiary alicyclic amines) is 1. The van der Waals surface area contributed by atoms with Crippen LogP contribution in [-0.4, -0.2) is 55.4 Å². The highest BCUT2D eigenvalue weighted by Crippen LogP contribution is 2.34. The van der Waals surface area contributed by atoms with Crippen molar-refractivity contribution in [2.24, 2.45) is 0 Å². The van der Waals surface area contributed by atoms with Gasteiger partial charge in [-0.1, -0.05) is 11.2 Å². The molecule has 0 spiro atoms. The van der Waals surface area contributed by atoms with E-state index in [4.69, 9.17) is 23.5 Å². The molecule has 1 amide bonds. The molecule has 0 saturated carbocycles. The Balaban J connectivity index is 1.47. The predicted molar refractivity (Wildman–Crippen MR) is 120 cm³/mol. The zero-order valence-electron chi connectivity index (χ0n) is 19.2. The molecule has 1 aliphatic rings. The first-order chi connectivity index (χ1) is 16.1. The van der Waals surface area contributed by atoms with E-state index in [1.165, 1.54) is 0 Å². The Morgan fingerprint density at radius 1 is 1.00 bits per heavy atom. The summed E-state index contributed by atoms with van der Waals surface area (Å²) >= 11 is 0. The lowest BCUT2D eigenvalue weighted by atomic mass is 10.1. The van der Waals surface area contributed by atoms with Gasteiger partial charge < -0.3 is 28.4 Å². The third-order valence-electron chi connectivity index (χ3n) is 5.55. The van der Waals surface area contributed by atoms with Crippen LogP contribution in [-0.2, 0) is 11.3 Å². The number of nitrogens with zero attached hydrogens (tertiary/aromatic N) is 3. The van der Waals surface area contributed by atoms with Crippen molar-refractivity contribution in [3.63, 3.8) is 0 Å². The van der Waals surface area contributed by atoms with Gasteiger partial charge in [-0.25, -0.2) is 0 Å². The molecule has 3 aromatic rings. The van der Waals surface area contributed by atoms with Crippen molar-refractivity contribution in [3.8, 4) is 34.4 Å². The molecule has 0 radical (unpaired) electrons. The molecule has 4 rings (SSSR count). The van der Waals surface area contributed by atoms with E-state index in [2.05, 4.69) is 10.1 Å². The molecular formula is C24H27N3O6. The maximum atomic E-state index is 12.6. The third kappa shape index (κ3) is 4.72. The smallest absolute Gasteiger partial charge is 0.232 e. The first kappa shape index (κ1) is 22.4. The molecule has 1 saturated heterocycles. The zero-order chi connectivity index (χ0) is 23.4. The van der Waals surface area contributed by atoms with Gasteiger partial charge in [-0.3, -0.25) is 4.79 Å². The van der Waals surface area contributed by atoms with Crippen LogP contribution in [0.25, 0.3) is 11.4 Å². The second kappa shape index (κ2) is 9.81. The number of benzene rings is 2. The number of rotatable bonds is 9. The summed E-state index contributed by atoms with van der Waals surface area (Å²) < 4.78 is 27.1. The molecule has 1 aromatic heterocycles. The Morgan fingerprint density at radius 3 is 2.45 bits per heavy atom. The normalized spacial score (nSPS) is 15.6. The quantitative estimate of drug-likeness (QED) is 0.484. The number of carbonyl (C=O) groups is 1. The van der Waals surface area contributed by atoms with Crippen molar-refractivity contribution in [2.45, 2.75) is 25.8 Å². The predicted octanol–water partition coefficient (Wildman–Crippen LogP) is 3.68. The van der Waals surface area contributed by atoms with Gasteiger partial charge in [0.1, 0.15) is 0 Å². The monoisotopic (exact) mass is 453 g/mol. The Hall–Kier alpha value is -3.75. The molecule has 2 heterocycles. The maximum absolute atomic E-state index is 12.6. The number of hydrogen-bond donors (Lipinski definition) is 0. The fourth-order valence-corrected chi connectivity index (χ4v) is 3.89. The van der Waals surface area contributed by atoms with Crippen molar-refractivity contribution in [1.29, 1.82) is 0 Å². The molecule has 0 aliphatic carbocycles. The average molecular weight is 453 g/mol. The van der Waals surface area contributed by atoms with Crippen molar-refractivity contribution in [3.05, 3.63) is 47.9 Å². The van der Waals surface area contributed by atoms with Gasteiger partial charge in [-0.05, 0) is 42.8 Å². The van der Waals surface area contributed by atoms with Crippen LogP contribution >= 0.6 is 0 Å². The van der Waals surface area contributed by atoms with Crippen LogP contribution in [0, 0.1) is 0 Å². The van der Waals surface area contributed by atoms with Gasteiger partial charge in [0.25, 0.3) is 0 Å². The van der Waals surface area contributed by atoms with E-state index in [1.54, 1.807) is 26.2 Å². The van der Waals surface area contributed by atoms with Crippen LogP contribution in [0.15, 0.2) is 40.9 Å². The maximum Gasteiger partial charge on any atom is 0.232 e. The first-order valence-electron chi connectivity index (χ1n) is 10.7. The van der Waals surface area contributed by atoms with E-state index in [1.807, 2.05) is 43.3 Å². The SMILES string of the molecule is CCOc1ccc(-c2noc(C3CC(=O)N(Cc4ccc(OC)c(OC)c4)C3)n2)cc1OC. The van der Waals surface area contributed by atoms with Gasteiger partial charge in [0.15, 0.2) is 23.0 Å². The second-order valence-corrected chi connectivity index (χ2v) is 7.62. The fourth-order valence-electron chi connectivity index (χ4n) is 3.89. The lowest BCUT2D eigenvalue weighted by Gasteiger charge is -2.17. The summed E-state index contributed by atoms with van der Waals surface area (Å²) in [5.41, 5.74) is 1.70. The van der Waals surface area contributed by atoms with E-state index < -0.39 is 0 Å². The number of aromatic nitrogens is 2. The van der Waals surface area contributed by atoms with Gasteiger partial charge in [0.2, 0.25) is 17.6 Å². The van der Waals surface area contributed by atoms with Gasteiger partial charge in [0.05, 0.1) is 33.9 Å². The molecule has 9 nitrogen and oxygen atoms in total. The Bertz CT molecular complexity index is 1130. The summed E-state index contributed by atoms with van der Waals surface area (Å²) in [6.07, 6.45) is 0.321. The highest BCUT2D eigenvalue weighted by molar-refractivity contribution is 5.79. The minimum absolute atomic E-state index is 0.0391. The topological polar surface area (TPSA) is 96.2 Å². The number of hydrogen-bond acceptors (Lipinski definition) is 8. The summed E-state index contributed by atoms with van der Waals surface area (Å²) in [6, 6.07) is 11.1. The Labute approximate surface area is 192 Å². The largest absolute Gasteiger partial charge is 0.493 e. The molecule has 1 unspecified atom stereocenters. The van der Waals surface area contributed by atoms with Crippen molar-refractivity contribution in [1.82, 2.24) is 15.0 Å². The fraction of sp³-hybridized carbons (Fsp3) is 0.375. The highest BCUT2D eigenvalue weighted by atomic mass is 16.5. The third-order valence-corrected chi connectivity index (χ3v) is 5.55. The van der Waals surface area contributed by atoms with Crippen LogP contribution in [0.5, 0.6) is 23.0 Å². The summed E-state index contributed by atoms with van der Waals surface area (Å²) in [5.74, 6) is 3.29. The molecule has 1 atom stereocenters. The van der Waals surface area contributed by atoms with Crippen LogP contribution < -0.4 is 18.9 Å². The zero-order valence-corrected chi connectivity index (χ0v) is 19.2. The lowest BCUT2D eigenvalue weighted by Crippen LogP contribution is -2.24. The van der Waals surface area contributed by atoms with Crippen LogP contribution in [0.2, 0.25) is 0 Å². The standard InChI is InChI=1S/C24H27N3O6/c1-5-32-19-9-7-16(11-21(19)31-4)23-25-24(33-26-23)17-12-22(28)27(14-17)13-15-6-8-18(29-2)20(10-15)30-3/h6-11,17H,5,12-14H2,1-4H3. The molecule has 174 valence electrons. The molecule has 1 fully saturated rings. The molecule has 2 aromatic carbocycles. The summed E-state index contributed by atoms with van der Waals surface area (Å²) in [7, 11) is 4.76. The van der Waals surface area contributed by atoms with E-state index in [0.717, 1.165) is 11.1 Å². The minimum Gasteiger partial charge on any atom is -0.493 e. The van der Waals surface area contributed by atoms with Gasteiger partial charge in [-0.2, -0.15) is 4.98 Å². The molecular weight excluding hydrogens is 426 g/mol. The Morgan fingerprint density at radius 2 is 1.73 bits per heavy atom. The molecule has 1 aliphatic heterocycles. The van der Waals surface area contributed by atoms with Gasteiger partial charge in [0, 0.05) is 25.1 Å². The second-order valence-electron chi connectivity index (χ2n) is 7.62. The van der Waals surface area contributed by atoms with E-state index in [0.29, 0.717) is 60.8 Å². The summed E-state index contributed by atoms with van der Waals surface area (Å²) in [4.78, 5) is 19.0. The van der Waals surface area contributed by atoms with Crippen LogP contribution in [0.1, 0.15) is 30.7 Å².